The highest BCUT2D eigenvalue weighted by molar-refractivity contribution is 9.10. The molecule has 0 fully saturated rings. The van der Waals surface area contributed by atoms with Crippen LogP contribution in [0.5, 0.6) is 0 Å². The third kappa shape index (κ3) is 6.74. The zero-order valence-electron chi connectivity index (χ0n) is 16.5. The van der Waals surface area contributed by atoms with E-state index in [4.69, 9.17) is 0 Å². The Morgan fingerprint density at radius 3 is 2.07 bits per heavy atom. The molecule has 30 heavy (non-hydrogen) atoms. The van der Waals surface area contributed by atoms with Gasteiger partial charge in [0, 0.05) is 17.4 Å². The molecule has 0 radical (unpaired) electrons. The number of para-hydroxylation sites is 1. The van der Waals surface area contributed by atoms with Gasteiger partial charge in [-0.3, -0.25) is 4.79 Å². The minimum absolute atomic E-state index is 0.211. The summed E-state index contributed by atoms with van der Waals surface area (Å²) in [5.41, 5.74) is 2.76. The third-order valence-electron chi connectivity index (χ3n) is 4.58. The number of benzene rings is 3. The van der Waals surface area contributed by atoms with E-state index in [2.05, 4.69) is 31.9 Å². The quantitative estimate of drug-likeness (QED) is 0.456. The molecule has 0 aliphatic carbocycles. The van der Waals surface area contributed by atoms with Gasteiger partial charge in [-0.1, -0.05) is 72.8 Å². The highest BCUT2D eigenvalue weighted by Gasteiger charge is 2.21. The fourth-order valence-corrected chi connectivity index (χ4v) is 3.42. The van der Waals surface area contributed by atoms with Crippen molar-refractivity contribution < 1.29 is 9.59 Å². The summed E-state index contributed by atoms with van der Waals surface area (Å²) in [7, 11) is 0. The summed E-state index contributed by atoms with van der Waals surface area (Å²) in [6, 6.07) is 25.8. The minimum Gasteiger partial charge on any atom is -0.354 e. The van der Waals surface area contributed by atoms with Gasteiger partial charge in [-0.05, 0) is 45.6 Å². The molecule has 6 heteroatoms. The zero-order valence-corrected chi connectivity index (χ0v) is 18.1. The largest absolute Gasteiger partial charge is 0.354 e. The van der Waals surface area contributed by atoms with Crippen LogP contribution in [0.25, 0.3) is 0 Å². The summed E-state index contributed by atoms with van der Waals surface area (Å²) in [5, 5.41) is 8.53. The molecule has 0 saturated heterocycles. The second-order valence-corrected chi connectivity index (χ2v) is 7.70. The maximum atomic E-state index is 12.8. The van der Waals surface area contributed by atoms with Crippen LogP contribution in [0.3, 0.4) is 0 Å². The van der Waals surface area contributed by atoms with E-state index in [1.807, 2.05) is 78.9 Å². The van der Waals surface area contributed by atoms with Crippen LogP contribution in [-0.2, 0) is 17.6 Å². The Labute approximate surface area is 185 Å². The monoisotopic (exact) mass is 465 g/mol. The van der Waals surface area contributed by atoms with E-state index < -0.39 is 12.1 Å². The lowest BCUT2D eigenvalue weighted by Crippen LogP contribution is -2.49. The molecule has 3 rings (SSSR count). The molecule has 3 aromatic carbocycles. The molecule has 0 aliphatic heterocycles. The van der Waals surface area contributed by atoms with Crippen molar-refractivity contribution >= 4 is 33.6 Å². The Balaban J connectivity index is 1.62. The highest BCUT2D eigenvalue weighted by atomic mass is 79.9. The van der Waals surface area contributed by atoms with Crippen LogP contribution in [0.15, 0.2) is 89.4 Å². The molecule has 0 saturated carbocycles. The van der Waals surface area contributed by atoms with Gasteiger partial charge in [0.05, 0.1) is 5.69 Å². The third-order valence-corrected chi connectivity index (χ3v) is 5.27. The smallest absolute Gasteiger partial charge is 0.319 e. The number of rotatable bonds is 8. The van der Waals surface area contributed by atoms with E-state index in [9.17, 15) is 9.59 Å². The van der Waals surface area contributed by atoms with Crippen molar-refractivity contribution in [2.45, 2.75) is 18.9 Å². The Morgan fingerprint density at radius 1 is 0.800 bits per heavy atom. The topological polar surface area (TPSA) is 70.2 Å². The van der Waals surface area contributed by atoms with Gasteiger partial charge < -0.3 is 16.0 Å². The first kappa shape index (κ1) is 21.6. The van der Waals surface area contributed by atoms with Crippen LogP contribution in [0.1, 0.15) is 11.1 Å². The first-order valence-electron chi connectivity index (χ1n) is 9.79. The van der Waals surface area contributed by atoms with Crippen LogP contribution in [0, 0.1) is 0 Å². The molecule has 0 heterocycles. The molecule has 0 bridgehead atoms. The molecule has 1 unspecified atom stereocenters. The van der Waals surface area contributed by atoms with Crippen molar-refractivity contribution in [3.8, 4) is 0 Å². The summed E-state index contributed by atoms with van der Waals surface area (Å²) < 4.78 is 0.770. The molecule has 3 N–H and O–H groups in total. The van der Waals surface area contributed by atoms with Crippen molar-refractivity contribution in [2.24, 2.45) is 0 Å². The number of halogens is 1. The van der Waals surface area contributed by atoms with E-state index in [-0.39, 0.29) is 5.91 Å². The van der Waals surface area contributed by atoms with Gasteiger partial charge in [-0.15, -0.1) is 0 Å². The lowest BCUT2D eigenvalue weighted by molar-refractivity contribution is -0.122. The average molecular weight is 466 g/mol. The predicted octanol–water partition coefficient (Wildman–Crippen LogP) is 4.54. The SMILES string of the molecule is O=C(Nc1ccccc1Br)NC(Cc1ccccc1)C(=O)NCCc1ccccc1. The first-order chi connectivity index (χ1) is 14.6. The van der Waals surface area contributed by atoms with Gasteiger partial charge >= 0.3 is 6.03 Å². The Morgan fingerprint density at radius 2 is 1.40 bits per heavy atom. The molecule has 3 aromatic rings. The summed E-state index contributed by atoms with van der Waals surface area (Å²) in [5.74, 6) is -0.211. The van der Waals surface area contributed by atoms with Crippen molar-refractivity contribution in [3.63, 3.8) is 0 Å². The van der Waals surface area contributed by atoms with Gasteiger partial charge in [-0.2, -0.15) is 0 Å². The Kier molecular flexibility index (Phi) is 8.03. The molecular formula is C24H24BrN3O2. The summed E-state index contributed by atoms with van der Waals surface area (Å²) in [4.78, 5) is 25.4. The molecular weight excluding hydrogens is 442 g/mol. The van der Waals surface area contributed by atoms with Crippen molar-refractivity contribution in [1.82, 2.24) is 10.6 Å². The van der Waals surface area contributed by atoms with E-state index >= 15 is 0 Å². The van der Waals surface area contributed by atoms with Crippen LogP contribution in [0.2, 0.25) is 0 Å². The van der Waals surface area contributed by atoms with Crippen LogP contribution >= 0.6 is 15.9 Å². The second kappa shape index (κ2) is 11.2. The molecule has 0 aliphatic rings. The van der Waals surface area contributed by atoms with Gasteiger partial charge in [-0.25, -0.2) is 4.79 Å². The molecule has 0 spiro atoms. The van der Waals surface area contributed by atoms with Crippen LogP contribution < -0.4 is 16.0 Å². The van der Waals surface area contributed by atoms with Gasteiger partial charge in [0.2, 0.25) is 5.91 Å². The minimum atomic E-state index is -0.689. The van der Waals surface area contributed by atoms with Gasteiger partial charge in [0.1, 0.15) is 6.04 Å². The lowest BCUT2D eigenvalue weighted by atomic mass is 10.1. The van der Waals surface area contributed by atoms with E-state index in [0.717, 1.165) is 22.0 Å². The normalized spacial score (nSPS) is 11.4. The lowest BCUT2D eigenvalue weighted by Gasteiger charge is -2.19. The maximum absolute atomic E-state index is 12.8. The second-order valence-electron chi connectivity index (χ2n) is 6.85. The zero-order chi connectivity index (χ0) is 21.2. The average Bonchev–Trinajstić information content (AvgIpc) is 2.76. The van der Waals surface area contributed by atoms with Crippen LogP contribution in [0.4, 0.5) is 10.5 Å². The van der Waals surface area contributed by atoms with Gasteiger partial charge in [0.15, 0.2) is 0 Å². The maximum Gasteiger partial charge on any atom is 0.319 e. The number of carbonyl (C=O) groups is 2. The number of amides is 3. The number of nitrogens with one attached hydrogen (secondary N) is 3. The number of carbonyl (C=O) groups excluding carboxylic acids is 2. The molecule has 5 nitrogen and oxygen atoms in total. The number of anilines is 1. The Bertz CT molecular complexity index is 964. The van der Waals surface area contributed by atoms with E-state index in [0.29, 0.717) is 18.7 Å². The molecule has 1 atom stereocenters. The molecule has 3 amide bonds. The standard InChI is InChI=1S/C24H24BrN3O2/c25-20-13-7-8-14-21(20)27-24(30)28-22(17-19-11-5-2-6-12-19)23(29)26-16-15-18-9-3-1-4-10-18/h1-14,22H,15-17H2,(H,26,29)(H2,27,28,30). The number of hydrogen-bond acceptors (Lipinski definition) is 2. The molecule has 0 aromatic heterocycles. The highest BCUT2D eigenvalue weighted by Crippen LogP contribution is 2.21. The van der Waals surface area contributed by atoms with E-state index in [1.165, 1.54) is 0 Å². The number of urea groups is 1. The van der Waals surface area contributed by atoms with Crippen molar-refractivity contribution in [2.75, 3.05) is 11.9 Å². The first-order valence-corrected chi connectivity index (χ1v) is 10.6. The predicted molar refractivity (Wildman–Crippen MR) is 123 cm³/mol. The summed E-state index contributed by atoms with van der Waals surface area (Å²) >= 11 is 3.41. The van der Waals surface area contributed by atoms with E-state index in [1.54, 1.807) is 6.07 Å². The molecule has 154 valence electrons. The summed E-state index contributed by atoms with van der Waals surface area (Å²) in [6.45, 7) is 0.502. The van der Waals surface area contributed by atoms with Gasteiger partial charge in [0.25, 0.3) is 0 Å². The number of hydrogen-bond donors (Lipinski definition) is 3. The Hall–Kier alpha value is -3.12. The fraction of sp³-hybridized carbons (Fsp3) is 0.167. The summed E-state index contributed by atoms with van der Waals surface area (Å²) in [6.07, 6.45) is 1.13. The van der Waals surface area contributed by atoms with Crippen molar-refractivity contribution in [1.29, 1.82) is 0 Å². The van der Waals surface area contributed by atoms with Crippen molar-refractivity contribution in [3.05, 3.63) is 101 Å². The fourth-order valence-electron chi connectivity index (χ4n) is 3.04. The van der Waals surface area contributed by atoms with Crippen LogP contribution in [-0.4, -0.2) is 24.5 Å².